The quantitative estimate of drug-likeness (QED) is 0.368. The van der Waals surface area contributed by atoms with Crippen LogP contribution >= 0.6 is 0 Å². The minimum absolute atomic E-state index is 0.183. The molecule has 0 saturated carbocycles. The Balaban J connectivity index is 1.55. The van der Waals surface area contributed by atoms with Gasteiger partial charge in [0.15, 0.2) is 5.78 Å². The van der Waals surface area contributed by atoms with E-state index in [-0.39, 0.29) is 5.41 Å². The Morgan fingerprint density at radius 1 is 0.935 bits per heavy atom. The fraction of sp³-hybridized carbons (Fsp3) is 0.429. The lowest BCUT2D eigenvalue weighted by Crippen LogP contribution is -2.36. The lowest BCUT2D eigenvalue weighted by molar-refractivity contribution is 0.0705. The molecule has 0 fully saturated rings. The van der Waals surface area contributed by atoms with Crippen molar-refractivity contribution in [1.82, 2.24) is 4.98 Å². The van der Waals surface area contributed by atoms with E-state index in [1.807, 2.05) is 42.5 Å². The number of nitrogens with zero attached hydrogens (tertiary/aromatic N) is 1. The van der Waals surface area contributed by atoms with Crippen LogP contribution in [0.5, 0.6) is 5.75 Å². The molecule has 3 aromatic rings. The standard InChI is InChI=1S/C28H33NO2/c1-3-5-17-28(18-6-4-2)19-16-23-24(27(28)30)11-9-13-26(23)31-20-22-15-14-21-10-7-8-12-25(21)29-22/h7-15H,3-6,16-20H2,1-2H3. The summed E-state index contributed by atoms with van der Waals surface area (Å²) in [5, 5.41) is 1.13. The summed E-state index contributed by atoms with van der Waals surface area (Å²) in [4.78, 5) is 18.4. The van der Waals surface area contributed by atoms with Crippen molar-refractivity contribution in [3.8, 4) is 5.75 Å². The third-order valence-electron chi connectivity index (χ3n) is 6.76. The van der Waals surface area contributed by atoms with Crippen molar-refractivity contribution in [2.24, 2.45) is 5.41 Å². The van der Waals surface area contributed by atoms with Gasteiger partial charge in [-0.3, -0.25) is 4.79 Å². The lowest BCUT2D eigenvalue weighted by Gasteiger charge is -2.37. The number of hydrogen-bond donors (Lipinski definition) is 0. The maximum atomic E-state index is 13.7. The highest BCUT2D eigenvalue weighted by Gasteiger charge is 2.42. The summed E-state index contributed by atoms with van der Waals surface area (Å²) in [5.41, 5.74) is 3.65. The van der Waals surface area contributed by atoms with Gasteiger partial charge < -0.3 is 4.74 Å². The number of carbonyl (C=O) groups is 1. The largest absolute Gasteiger partial charge is 0.487 e. The first kappa shape index (κ1) is 21.5. The zero-order valence-corrected chi connectivity index (χ0v) is 18.8. The van der Waals surface area contributed by atoms with E-state index in [9.17, 15) is 4.79 Å². The van der Waals surface area contributed by atoms with Crippen LogP contribution in [-0.4, -0.2) is 10.8 Å². The molecule has 0 N–H and O–H groups in total. The SMILES string of the molecule is CCCCC1(CCCC)CCc2c(OCc3ccc4ccccc4n3)cccc2C1=O. The van der Waals surface area contributed by atoms with Crippen LogP contribution in [0.15, 0.2) is 54.6 Å². The summed E-state index contributed by atoms with van der Waals surface area (Å²) in [5.74, 6) is 1.17. The highest BCUT2D eigenvalue weighted by Crippen LogP contribution is 2.45. The van der Waals surface area contributed by atoms with Crippen LogP contribution in [0, 0.1) is 5.41 Å². The Bertz CT molecular complexity index is 1050. The number of rotatable bonds is 9. The fourth-order valence-electron chi connectivity index (χ4n) is 4.91. The monoisotopic (exact) mass is 415 g/mol. The minimum atomic E-state index is -0.183. The number of benzene rings is 2. The first-order valence-electron chi connectivity index (χ1n) is 11.8. The molecule has 0 unspecified atom stereocenters. The van der Waals surface area contributed by atoms with Gasteiger partial charge in [-0.15, -0.1) is 0 Å². The van der Waals surface area contributed by atoms with Gasteiger partial charge in [0, 0.05) is 21.9 Å². The summed E-state index contributed by atoms with van der Waals surface area (Å²) in [6.07, 6.45) is 8.38. The molecule has 1 aliphatic carbocycles. The number of carbonyl (C=O) groups excluding carboxylic acids is 1. The molecule has 1 aliphatic rings. The van der Waals surface area contributed by atoms with E-state index in [4.69, 9.17) is 9.72 Å². The number of ketones is 1. The van der Waals surface area contributed by atoms with Crippen molar-refractivity contribution in [2.45, 2.75) is 71.8 Å². The van der Waals surface area contributed by atoms with Gasteiger partial charge in [0.2, 0.25) is 0 Å². The summed E-state index contributed by atoms with van der Waals surface area (Å²) in [7, 11) is 0. The smallest absolute Gasteiger partial charge is 0.169 e. The average Bonchev–Trinajstić information content (AvgIpc) is 2.82. The Morgan fingerprint density at radius 2 is 1.71 bits per heavy atom. The number of para-hydroxylation sites is 1. The molecule has 4 rings (SSSR count). The van der Waals surface area contributed by atoms with Crippen LogP contribution in [0.4, 0.5) is 0 Å². The van der Waals surface area contributed by atoms with E-state index in [1.54, 1.807) is 0 Å². The molecule has 0 bridgehead atoms. The summed E-state index contributed by atoms with van der Waals surface area (Å²) < 4.78 is 6.20. The van der Waals surface area contributed by atoms with Crippen LogP contribution in [0.2, 0.25) is 0 Å². The first-order chi connectivity index (χ1) is 15.2. The zero-order chi connectivity index (χ0) is 21.7. The molecule has 31 heavy (non-hydrogen) atoms. The van der Waals surface area contributed by atoms with E-state index < -0.39 is 0 Å². The number of Topliss-reactive ketones (excluding diaryl/α,β-unsaturated/α-hetero) is 1. The van der Waals surface area contributed by atoms with Crippen molar-refractivity contribution >= 4 is 16.7 Å². The van der Waals surface area contributed by atoms with Gasteiger partial charge in [0.25, 0.3) is 0 Å². The molecular formula is C28H33NO2. The Kier molecular flexibility index (Phi) is 6.70. The normalized spacial score (nSPS) is 15.1. The van der Waals surface area contributed by atoms with Crippen molar-refractivity contribution in [3.05, 3.63) is 71.4 Å². The topological polar surface area (TPSA) is 39.2 Å². The summed E-state index contributed by atoms with van der Waals surface area (Å²) in [6, 6.07) is 18.2. The number of pyridine rings is 1. The van der Waals surface area contributed by atoms with Gasteiger partial charge in [0.1, 0.15) is 12.4 Å². The Morgan fingerprint density at radius 3 is 2.48 bits per heavy atom. The van der Waals surface area contributed by atoms with E-state index in [0.717, 1.165) is 84.8 Å². The van der Waals surface area contributed by atoms with Crippen molar-refractivity contribution in [3.63, 3.8) is 0 Å². The summed E-state index contributed by atoms with van der Waals surface area (Å²) in [6.45, 7) is 4.83. The fourth-order valence-corrected chi connectivity index (χ4v) is 4.91. The van der Waals surface area contributed by atoms with Crippen LogP contribution in [0.3, 0.4) is 0 Å². The molecule has 3 heteroatoms. The van der Waals surface area contributed by atoms with Crippen LogP contribution in [0.25, 0.3) is 10.9 Å². The lowest BCUT2D eigenvalue weighted by atomic mass is 9.65. The summed E-state index contributed by atoms with van der Waals surface area (Å²) >= 11 is 0. The number of aromatic nitrogens is 1. The van der Waals surface area contributed by atoms with Gasteiger partial charge in [-0.2, -0.15) is 0 Å². The molecule has 2 aromatic carbocycles. The van der Waals surface area contributed by atoms with Crippen molar-refractivity contribution in [1.29, 1.82) is 0 Å². The second-order valence-electron chi connectivity index (χ2n) is 8.88. The number of ether oxygens (including phenoxy) is 1. The van der Waals surface area contributed by atoms with E-state index in [2.05, 4.69) is 26.0 Å². The molecule has 0 spiro atoms. The second-order valence-corrected chi connectivity index (χ2v) is 8.88. The van der Waals surface area contributed by atoms with E-state index in [0.29, 0.717) is 12.4 Å². The molecular weight excluding hydrogens is 382 g/mol. The van der Waals surface area contributed by atoms with Crippen LogP contribution < -0.4 is 4.74 Å². The first-order valence-corrected chi connectivity index (χ1v) is 11.8. The Hall–Kier alpha value is -2.68. The van der Waals surface area contributed by atoms with E-state index >= 15 is 0 Å². The van der Waals surface area contributed by atoms with Crippen molar-refractivity contribution in [2.75, 3.05) is 0 Å². The molecule has 1 heterocycles. The highest BCUT2D eigenvalue weighted by atomic mass is 16.5. The molecule has 0 amide bonds. The van der Waals surface area contributed by atoms with Gasteiger partial charge in [-0.05, 0) is 43.9 Å². The van der Waals surface area contributed by atoms with Crippen molar-refractivity contribution < 1.29 is 9.53 Å². The third kappa shape index (κ3) is 4.51. The van der Waals surface area contributed by atoms with Gasteiger partial charge in [0.05, 0.1) is 11.2 Å². The molecule has 0 saturated heterocycles. The molecule has 1 aromatic heterocycles. The zero-order valence-electron chi connectivity index (χ0n) is 18.8. The molecule has 0 atom stereocenters. The van der Waals surface area contributed by atoms with Gasteiger partial charge >= 0.3 is 0 Å². The number of fused-ring (bicyclic) bond motifs is 2. The predicted molar refractivity (Wildman–Crippen MR) is 127 cm³/mol. The molecule has 0 aliphatic heterocycles. The maximum Gasteiger partial charge on any atom is 0.169 e. The predicted octanol–water partition coefficient (Wildman–Crippen LogP) is 7.31. The number of unbranched alkanes of at least 4 members (excludes halogenated alkanes) is 2. The highest BCUT2D eigenvalue weighted by molar-refractivity contribution is 6.03. The third-order valence-corrected chi connectivity index (χ3v) is 6.76. The van der Waals surface area contributed by atoms with E-state index in [1.165, 1.54) is 0 Å². The van der Waals surface area contributed by atoms with Gasteiger partial charge in [-0.25, -0.2) is 4.98 Å². The maximum absolute atomic E-state index is 13.7. The number of hydrogen-bond acceptors (Lipinski definition) is 3. The second kappa shape index (κ2) is 9.64. The molecule has 0 radical (unpaired) electrons. The van der Waals surface area contributed by atoms with Crippen LogP contribution in [0.1, 0.15) is 80.4 Å². The molecule has 162 valence electrons. The average molecular weight is 416 g/mol. The van der Waals surface area contributed by atoms with Gasteiger partial charge in [-0.1, -0.05) is 75.9 Å². The molecule has 3 nitrogen and oxygen atoms in total. The Labute approximate surface area is 185 Å². The van der Waals surface area contributed by atoms with Crippen LogP contribution in [-0.2, 0) is 13.0 Å². The minimum Gasteiger partial charge on any atom is -0.487 e.